The zero-order valence-electron chi connectivity index (χ0n) is 10.4. The summed E-state index contributed by atoms with van der Waals surface area (Å²) in [6.45, 7) is 4.66. The highest BCUT2D eigenvalue weighted by molar-refractivity contribution is 5.94. The first-order chi connectivity index (χ1) is 8.08. The molecule has 1 fully saturated rings. The van der Waals surface area contributed by atoms with Gasteiger partial charge in [-0.3, -0.25) is 4.79 Å². The predicted molar refractivity (Wildman–Crippen MR) is 68.8 cm³/mol. The van der Waals surface area contributed by atoms with Crippen molar-refractivity contribution >= 4 is 11.6 Å². The number of piperazine rings is 1. The second-order valence-corrected chi connectivity index (χ2v) is 4.70. The quantitative estimate of drug-likeness (QED) is 0.737. The number of nitrogens with zero attached hydrogens (tertiary/aromatic N) is 2. The Morgan fingerprint density at radius 1 is 1.29 bits per heavy atom. The van der Waals surface area contributed by atoms with Crippen molar-refractivity contribution in [2.24, 2.45) is 0 Å². The van der Waals surface area contributed by atoms with Gasteiger partial charge in [-0.25, -0.2) is 0 Å². The van der Waals surface area contributed by atoms with Gasteiger partial charge in [0.1, 0.15) is 0 Å². The standard InChI is InChI=1S/C13H19N3O/c1-10-9-16(8-7-15(10)2)13(17)11-3-5-12(14)6-4-11/h3-6,10H,7-9,14H2,1-2H3/t10-/m0/s1. The highest BCUT2D eigenvalue weighted by Gasteiger charge is 2.24. The minimum Gasteiger partial charge on any atom is -0.399 e. The number of benzene rings is 1. The zero-order chi connectivity index (χ0) is 12.4. The van der Waals surface area contributed by atoms with Crippen LogP contribution in [0, 0.1) is 0 Å². The number of amides is 1. The van der Waals surface area contributed by atoms with Gasteiger partial charge in [0.2, 0.25) is 0 Å². The van der Waals surface area contributed by atoms with E-state index in [1.807, 2.05) is 4.90 Å². The van der Waals surface area contributed by atoms with Crippen molar-refractivity contribution in [3.05, 3.63) is 29.8 Å². The van der Waals surface area contributed by atoms with Crippen LogP contribution in [0.25, 0.3) is 0 Å². The molecule has 0 aromatic heterocycles. The van der Waals surface area contributed by atoms with Crippen LogP contribution in [-0.4, -0.2) is 48.4 Å². The Labute approximate surface area is 102 Å². The second-order valence-electron chi connectivity index (χ2n) is 4.70. The highest BCUT2D eigenvalue weighted by Crippen LogP contribution is 2.13. The van der Waals surface area contributed by atoms with Gasteiger partial charge in [0.25, 0.3) is 5.91 Å². The van der Waals surface area contributed by atoms with Crippen molar-refractivity contribution in [3.8, 4) is 0 Å². The lowest BCUT2D eigenvalue weighted by Crippen LogP contribution is -2.52. The predicted octanol–water partition coefficient (Wildman–Crippen LogP) is 1.04. The molecule has 1 amide bonds. The van der Waals surface area contributed by atoms with Gasteiger partial charge in [0.15, 0.2) is 0 Å². The van der Waals surface area contributed by atoms with Crippen molar-refractivity contribution in [2.45, 2.75) is 13.0 Å². The Morgan fingerprint density at radius 2 is 1.94 bits per heavy atom. The van der Waals surface area contributed by atoms with Crippen LogP contribution in [-0.2, 0) is 0 Å². The van der Waals surface area contributed by atoms with E-state index in [9.17, 15) is 4.79 Å². The molecule has 2 N–H and O–H groups in total. The average Bonchev–Trinajstić information content (AvgIpc) is 2.33. The third-order valence-electron chi connectivity index (χ3n) is 3.40. The number of rotatable bonds is 1. The number of anilines is 1. The fraction of sp³-hybridized carbons (Fsp3) is 0.462. The van der Waals surface area contributed by atoms with Gasteiger partial charge in [-0.2, -0.15) is 0 Å². The zero-order valence-corrected chi connectivity index (χ0v) is 10.4. The van der Waals surface area contributed by atoms with E-state index in [1.165, 1.54) is 0 Å². The van der Waals surface area contributed by atoms with Gasteiger partial charge in [-0.1, -0.05) is 0 Å². The fourth-order valence-corrected chi connectivity index (χ4v) is 2.04. The molecule has 0 bridgehead atoms. The largest absolute Gasteiger partial charge is 0.399 e. The minimum atomic E-state index is 0.102. The van der Waals surface area contributed by atoms with E-state index in [4.69, 9.17) is 5.73 Å². The van der Waals surface area contributed by atoms with Crippen LogP contribution in [0.2, 0.25) is 0 Å². The molecule has 1 aromatic carbocycles. The van der Waals surface area contributed by atoms with Gasteiger partial charge in [0, 0.05) is 36.9 Å². The fourth-order valence-electron chi connectivity index (χ4n) is 2.04. The van der Waals surface area contributed by atoms with Crippen LogP contribution >= 0.6 is 0 Å². The Balaban J connectivity index is 2.08. The lowest BCUT2D eigenvalue weighted by Gasteiger charge is -2.37. The van der Waals surface area contributed by atoms with Crippen molar-refractivity contribution in [1.29, 1.82) is 0 Å². The molecular formula is C13H19N3O. The van der Waals surface area contributed by atoms with E-state index in [0.717, 1.165) is 25.2 Å². The second kappa shape index (κ2) is 4.75. The number of hydrogen-bond donors (Lipinski definition) is 1. The molecule has 2 rings (SSSR count). The SMILES string of the molecule is C[C@H]1CN(C(=O)c2ccc(N)cc2)CCN1C. The van der Waals surface area contributed by atoms with Crippen molar-refractivity contribution in [2.75, 3.05) is 32.4 Å². The molecule has 0 spiro atoms. The van der Waals surface area contributed by atoms with Crippen LogP contribution in [0.15, 0.2) is 24.3 Å². The summed E-state index contributed by atoms with van der Waals surface area (Å²) in [5.41, 5.74) is 7.02. The maximum atomic E-state index is 12.2. The summed E-state index contributed by atoms with van der Waals surface area (Å²) in [5.74, 6) is 0.102. The van der Waals surface area contributed by atoms with Crippen LogP contribution in [0.3, 0.4) is 0 Å². The van der Waals surface area contributed by atoms with Crippen LogP contribution < -0.4 is 5.73 Å². The molecule has 0 unspecified atom stereocenters. The van der Waals surface area contributed by atoms with Crippen LogP contribution in [0.4, 0.5) is 5.69 Å². The Bertz CT molecular complexity index is 402. The van der Waals surface area contributed by atoms with E-state index in [1.54, 1.807) is 24.3 Å². The van der Waals surface area contributed by atoms with Gasteiger partial charge >= 0.3 is 0 Å². The van der Waals surface area contributed by atoms with Gasteiger partial charge in [0.05, 0.1) is 0 Å². The topological polar surface area (TPSA) is 49.6 Å². The lowest BCUT2D eigenvalue weighted by atomic mass is 10.1. The summed E-state index contributed by atoms with van der Waals surface area (Å²) < 4.78 is 0. The molecule has 1 aliphatic heterocycles. The third-order valence-corrected chi connectivity index (χ3v) is 3.40. The van der Waals surface area contributed by atoms with Crippen molar-refractivity contribution in [3.63, 3.8) is 0 Å². The summed E-state index contributed by atoms with van der Waals surface area (Å²) >= 11 is 0. The summed E-state index contributed by atoms with van der Waals surface area (Å²) in [4.78, 5) is 16.4. The number of hydrogen-bond acceptors (Lipinski definition) is 3. The Kier molecular flexibility index (Phi) is 3.33. The van der Waals surface area contributed by atoms with Crippen LogP contribution in [0.5, 0.6) is 0 Å². The first-order valence-corrected chi connectivity index (χ1v) is 5.93. The normalized spacial score (nSPS) is 21.5. The summed E-state index contributed by atoms with van der Waals surface area (Å²) in [5, 5.41) is 0. The molecule has 0 radical (unpaired) electrons. The van der Waals surface area contributed by atoms with Crippen molar-refractivity contribution in [1.82, 2.24) is 9.80 Å². The molecule has 4 heteroatoms. The van der Waals surface area contributed by atoms with E-state index in [0.29, 0.717) is 11.7 Å². The first kappa shape index (κ1) is 11.9. The first-order valence-electron chi connectivity index (χ1n) is 5.93. The summed E-state index contributed by atoms with van der Waals surface area (Å²) in [6, 6.07) is 7.54. The summed E-state index contributed by atoms with van der Waals surface area (Å²) in [7, 11) is 2.09. The highest BCUT2D eigenvalue weighted by atomic mass is 16.2. The number of nitrogen functional groups attached to an aromatic ring is 1. The molecule has 1 aliphatic rings. The maximum Gasteiger partial charge on any atom is 0.253 e. The van der Waals surface area contributed by atoms with Gasteiger partial charge in [-0.15, -0.1) is 0 Å². The Hall–Kier alpha value is -1.55. The molecule has 1 atom stereocenters. The van der Waals surface area contributed by atoms with Gasteiger partial charge < -0.3 is 15.5 Å². The monoisotopic (exact) mass is 233 g/mol. The molecule has 0 aliphatic carbocycles. The molecule has 92 valence electrons. The van der Waals surface area contributed by atoms with E-state index in [2.05, 4.69) is 18.9 Å². The molecule has 0 saturated carbocycles. The van der Waals surface area contributed by atoms with E-state index >= 15 is 0 Å². The van der Waals surface area contributed by atoms with Crippen molar-refractivity contribution < 1.29 is 4.79 Å². The smallest absolute Gasteiger partial charge is 0.253 e. The van der Waals surface area contributed by atoms with E-state index in [-0.39, 0.29) is 5.91 Å². The van der Waals surface area contributed by atoms with Gasteiger partial charge in [-0.05, 0) is 38.2 Å². The average molecular weight is 233 g/mol. The minimum absolute atomic E-state index is 0.102. The summed E-state index contributed by atoms with van der Waals surface area (Å²) in [6.07, 6.45) is 0. The Morgan fingerprint density at radius 3 is 2.53 bits per heavy atom. The van der Waals surface area contributed by atoms with E-state index < -0.39 is 0 Å². The number of carbonyl (C=O) groups is 1. The van der Waals surface area contributed by atoms with Crippen LogP contribution in [0.1, 0.15) is 17.3 Å². The molecular weight excluding hydrogens is 214 g/mol. The number of likely N-dealkylation sites (N-methyl/N-ethyl adjacent to an activating group) is 1. The maximum absolute atomic E-state index is 12.2. The molecule has 17 heavy (non-hydrogen) atoms. The number of carbonyl (C=O) groups excluding carboxylic acids is 1. The lowest BCUT2D eigenvalue weighted by molar-refractivity contribution is 0.0572. The molecule has 1 aromatic rings. The molecule has 4 nitrogen and oxygen atoms in total. The number of nitrogens with two attached hydrogens (primary N) is 1. The molecule has 1 heterocycles. The third kappa shape index (κ3) is 2.58. The molecule has 1 saturated heterocycles.